The number of benzene rings is 1. The molecule has 2 aliphatic rings. The number of nitrogens with zero attached hydrogens (tertiary/aromatic N) is 3. The first-order valence-electron chi connectivity index (χ1n) is 15.2. The SMILES string of the molecule is CCCCOC(=O)N(C)SN(C)C(=O)Oc1cccc2c1OC(C)(C)C2.CON(C(=O)c1cc(C)oc1C)C1CCCCC1. The third kappa shape index (κ3) is 9.56. The number of carbonyl (C=O) groups excluding carboxylic acids is 3. The molecule has 0 atom stereocenters. The molecule has 2 aromatic rings. The summed E-state index contributed by atoms with van der Waals surface area (Å²) in [6, 6.07) is 7.47. The number of carbonyl (C=O) groups is 3. The molecule has 0 bridgehead atoms. The van der Waals surface area contributed by atoms with Crippen molar-refractivity contribution in [3.05, 3.63) is 46.9 Å². The Hall–Kier alpha value is -3.38. The van der Waals surface area contributed by atoms with Gasteiger partial charge in [-0.15, -0.1) is 0 Å². The van der Waals surface area contributed by atoms with E-state index in [1.54, 1.807) is 19.2 Å². The van der Waals surface area contributed by atoms with Crippen molar-refractivity contribution in [2.75, 3.05) is 27.8 Å². The summed E-state index contributed by atoms with van der Waals surface area (Å²) in [5.41, 5.74) is 1.29. The standard InChI is InChI=1S/C18H26N2O5S.C14H21NO3/c1-6-7-11-23-16(21)19(4)26-20(5)17(22)24-14-10-8-9-13-12-18(2,3)25-15(13)14;1-10-9-13(11(2)18-10)14(16)15(17-3)12-7-5-4-6-8-12/h8-10H,6-7,11-12H2,1-5H3;9,12H,4-8H2,1-3H3. The number of ether oxygens (including phenoxy) is 3. The molecule has 2 heterocycles. The Bertz CT molecular complexity index is 1270. The van der Waals surface area contributed by atoms with Gasteiger partial charge >= 0.3 is 12.2 Å². The zero-order chi connectivity index (χ0) is 32.4. The van der Waals surface area contributed by atoms with Crippen molar-refractivity contribution in [2.45, 2.75) is 97.6 Å². The second kappa shape index (κ2) is 16.1. The number of hydrogen-bond acceptors (Lipinski definition) is 9. The second-order valence-electron chi connectivity index (χ2n) is 11.6. The van der Waals surface area contributed by atoms with Gasteiger partial charge in [0.15, 0.2) is 11.5 Å². The molecule has 1 aliphatic carbocycles. The van der Waals surface area contributed by atoms with Gasteiger partial charge in [0.2, 0.25) is 0 Å². The summed E-state index contributed by atoms with van der Waals surface area (Å²) in [7, 11) is 4.63. The van der Waals surface area contributed by atoms with E-state index < -0.39 is 12.2 Å². The molecule has 1 aromatic heterocycles. The van der Waals surface area contributed by atoms with E-state index in [1.807, 2.05) is 46.8 Å². The summed E-state index contributed by atoms with van der Waals surface area (Å²) in [5, 5.41) is 1.52. The molecule has 1 fully saturated rings. The van der Waals surface area contributed by atoms with E-state index in [-0.39, 0.29) is 17.6 Å². The minimum atomic E-state index is -0.607. The maximum Gasteiger partial charge on any atom is 0.426 e. The van der Waals surface area contributed by atoms with Crippen molar-refractivity contribution >= 4 is 30.2 Å². The van der Waals surface area contributed by atoms with E-state index in [4.69, 9.17) is 23.5 Å². The monoisotopic (exact) mass is 633 g/mol. The summed E-state index contributed by atoms with van der Waals surface area (Å²) in [4.78, 5) is 41.9. The number of fused-ring (bicyclic) bond motifs is 1. The predicted molar refractivity (Wildman–Crippen MR) is 168 cm³/mol. The van der Waals surface area contributed by atoms with E-state index in [0.717, 1.165) is 55.6 Å². The van der Waals surface area contributed by atoms with Crippen molar-refractivity contribution in [1.29, 1.82) is 0 Å². The van der Waals surface area contributed by atoms with Crippen LogP contribution in [0.3, 0.4) is 0 Å². The van der Waals surface area contributed by atoms with E-state index in [2.05, 4.69) is 0 Å². The lowest BCUT2D eigenvalue weighted by atomic mass is 9.95. The first-order chi connectivity index (χ1) is 20.9. The molecule has 0 saturated heterocycles. The van der Waals surface area contributed by atoms with E-state index in [1.165, 1.54) is 47.0 Å². The van der Waals surface area contributed by atoms with Gasteiger partial charge in [-0.1, -0.05) is 44.7 Å². The summed E-state index contributed by atoms with van der Waals surface area (Å²) in [6.45, 7) is 10.0. The van der Waals surface area contributed by atoms with E-state index >= 15 is 0 Å². The lowest BCUT2D eigenvalue weighted by molar-refractivity contribution is -0.129. The second-order valence-corrected chi connectivity index (χ2v) is 12.9. The molecule has 1 saturated carbocycles. The number of amides is 3. The van der Waals surface area contributed by atoms with Gasteiger partial charge < -0.3 is 18.6 Å². The fourth-order valence-electron chi connectivity index (χ4n) is 5.15. The smallest absolute Gasteiger partial charge is 0.426 e. The van der Waals surface area contributed by atoms with Crippen molar-refractivity contribution < 1.29 is 37.8 Å². The number of furan rings is 1. The van der Waals surface area contributed by atoms with Gasteiger partial charge in [-0.3, -0.25) is 9.63 Å². The molecule has 1 aromatic carbocycles. The Kier molecular flexibility index (Phi) is 12.8. The number of hydroxylamine groups is 2. The maximum atomic E-state index is 12.5. The minimum Gasteiger partial charge on any atom is -0.483 e. The Morgan fingerprint density at radius 2 is 1.73 bits per heavy atom. The third-order valence-electron chi connectivity index (χ3n) is 7.31. The minimum absolute atomic E-state index is 0.0845. The summed E-state index contributed by atoms with van der Waals surface area (Å²) < 4.78 is 24.3. The number of hydrogen-bond donors (Lipinski definition) is 0. The van der Waals surface area contributed by atoms with E-state index in [9.17, 15) is 14.4 Å². The molecule has 1 aliphatic heterocycles. The zero-order valence-corrected chi connectivity index (χ0v) is 28.1. The Morgan fingerprint density at radius 1 is 1.05 bits per heavy atom. The summed E-state index contributed by atoms with van der Waals surface area (Å²) in [5.74, 6) is 2.31. The molecular formula is C32H47N3O8S. The van der Waals surface area contributed by atoms with Crippen LogP contribution in [0.15, 0.2) is 28.7 Å². The Morgan fingerprint density at radius 3 is 2.34 bits per heavy atom. The number of aryl methyl sites for hydroxylation is 2. The molecule has 0 spiro atoms. The fourth-order valence-corrected chi connectivity index (χ4v) is 5.74. The van der Waals surface area contributed by atoms with Crippen LogP contribution in [0, 0.1) is 13.8 Å². The van der Waals surface area contributed by atoms with Crippen LogP contribution in [0.1, 0.15) is 93.2 Å². The first kappa shape index (κ1) is 35.1. The van der Waals surface area contributed by atoms with Gasteiger partial charge in [0.25, 0.3) is 5.91 Å². The van der Waals surface area contributed by atoms with Crippen molar-refractivity contribution in [2.24, 2.45) is 0 Å². The average molecular weight is 634 g/mol. The predicted octanol–water partition coefficient (Wildman–Crippen LogP) is 7.50. The number of para-hydroxylation sites is 1. The third-order valence-corrected chi connectivity index (χ3v) is 8.10. The van der Waals surface area contributed by atoms with Crippen LogP contribution in [0.2, 0.25) is 0 Å². The van der Waals surface area contributed by atoms with Crippen molar-refractivity contribution in [1.82, 2.24) is 13.7 Å². The molecule has 0 radical (unpaired) electrons. The van der Waals surface area contributed by atoms with Crippen LogP contribution in [-0.4, -0.2) is 71.2 Å². The number of rotatable bonds is 9. The molecule has 0 unspecified atom stereocenters. The van der Waals surface area contributed by atoms with Gasteiger partial charge in [0.05, 0.1) is 37.5 Å². The lowest BCUT2D eigenvalue weighted by Crippen LogP contribution is -2.40. The van der Waals surface area contributed by atoms with Crippen molar-refractivity contribution in [3.8, 4) is 11.5 Å². The van der Waals surface area contributed by atoms with Gasteiger partial charge in [0, 0.05) is 26.1 Å². The highest BCUT2D eigenvalue weighted by molar-refractivity contribution is 7.95. The highest BCUT2D eigenvalue weighted by Crippen LogP contribution is 2.42. The van der Waals surface area contributed by atoms with Gasteiger partial charge in [-0.2, -0.15) is 0 Å². The van der Waals surface area contributed by atoms with Crippen LogP contribution >= 0.6 is 12.1 Å². The maximum absolute atomic E-state index is 12.5. The largest absolute Gasteiger partial charge is 0.483 e. The Balaban J connectivity index is 0.000000257. The van der Waals surface area contributed by atoms with Crippen LogP contribution in [-0.2, 0) is 16.0 Å². The molecule has 4 rings (SSSR count). The fraction of sp³-hybridized carbons (Fsp3) is 0.594. The van der Waals surface area contributed by atoms with Crippen LogP contribution in [0.5, 0.6) is 11.5 Å². The van der Waals surface area contributed by atoms with Gasteiger partial charge in [-0.25, -0.2) is 23.3 Å². The highest BCUT2D eigenvalue weighted by Gasteiger charge is 2.33. The van der Waals surface area contributed by atoms with Gasteiger partial charge in [0.1, 0.15) is 17.1 Å². The first-order valence-corrected chi connectivity index (χ1v) is 15.9. The quantitative estimate of drug-likeness (QED) is 0.157. The number of unbranched alkanes of at least 4 members (excludes halogenated alkanes) is 1. The molecule has 44 heavy (non-hydrogen) atoms. The van der Waals surface area contributed by atoms with Crippen LogP contribution < -0.4 is 9.47 Å². The topological polar surface area (TPSA) is 111 Å². The van der Waals surface area contributed by atoms with E-state index in [0.29, 0.717) is 29.4 Å². The molecule has 0 N–H and O–H groups in total. The van der Waals surface area contributed by atoms with Gasteiger partial charge in [-0.05, 0) is 59.1 Å². The lowest BCUT2D eigenvalue weighted by Gasteiger charge is -2.31. The molecule has 3 amide bonds. The summed E-state index contributed by atoms with van der Waals surface area (Å²) in [6.07, 6.45) is 7.02. The highest BCUT2D eigenvalue weighted by atomic mass is 32.2. The Labute approximate surface area is 265 Å². The average Bonchev–Trinajstić information content (AvgIpc) is 3.50. The van der Waals surface area contributed by atoms with Crippen molar-refractivity contribution in [3.63, 3.8) is 0 Å². The molecule has 11 nitrogen and oxygen atoms in total. The van der Waals surface area contributed by atoms with Crippen LogP contribution in [0.4, 0.5) is 9.59 Å². The normalized spacial score (nSPS) is 15.3. The molecular weight excluding hydrogens is 586 g/mol. The summed E-state index contributed by atoms with van der Waals surface area (Å²) >= 11 is 0.903. The molecule has 12 heteroatoms. The molecule has 244 valence electrons. The zero-order valence-electron chi connectivity index (χ0n) is 27.3. The van der Waals surface area contributed by atoms with Crippen LogP contribution in [0.25, 0.3) is 0 Å².